The molecule has 3 rings (SSSR count). The van der Waals surface area contributed by atoms with E-state index in [1.54, 1.807) is 0 Å². The molecule has 0 fully saturated rings. The number of ether oxygens (including phenoxy) is 1. The smallest absolute Gasteiger partial charge is 0.341 e. The monoisotopic (exact) mass is 409 g/mol. The first-order valence-corrected chi connectivity index (χ1v) is 10.8. The van der Waals surface area contributed by atoms with Gasteiger partial charge in [-0.05, 0) is 42.9 Å². The molecule has 26 heavy (non-hydrogen) atoms. The number of nitrogens with one attached hydrogen (secondary N) is 1. The summed E-state index contributed by atoms with van der Waals surface area (Å²) in [7, 11) is 1.38. The molecule has 0 saturated carbocycles. The first-order valence-electron chi connectivity index (χ1n) is 8.44. The summed E-state index contributed by atoms with van der Waals surface area (Å²) < 4.78 is 4.93. The van der Waals surface area contributed by atoms with Crippen molar-refractivity contribution >= 4 is 51.6 Å². The topological polar surface area (TPSA) is 55.4 Å². The molecule has 1 aliphatic carbocycles. The Morgan fingerprint density at radius 2 is 2.04 bits per heavy atom. The Morgan fingerprint density at radius 3 is 2.81 bits per heavy atom. The Hall–Kier alpha value is -1.50. The Morgan fingerprint density at radius 1 is 1.27 bits per heavy atom. The van der Waals surface area contributed by atoms with Gasteiger partial charge in [-0.15, -0.1) is 23.1 Å². The van der Waals surface area contributed by atoms with Crippen LogP contribution >= 0.6 is 34.7 Å². The lowest BCUT2D eigenvalue weighted by Crippen LogP contribution is -2.16. The average molecular weight is 410 g/mol. The molecule has 0 aliphatic heterocycles. The third kappa shape index (κ3) is 4.42. The number of fused-ring (bicyclic) bond motifs is 1. The van der Waals surface area contributed by atoms with Gasteiger partial charge in [0.25, 0.3) is 0 Å². The number of hydrogen-bond acceptors (Lipinski definition) is 5. The average Bonchev–Trinajstić information content (AvgIpc) is 3.00. The van der Waals surface area contributed by atoms with Gasteiger partial charge in [0.2, 0.25) is 5.91 Å². The van der Waals surface area contributed by atoms with Gasteiger partial charge in [-0.1, -0.05) is 29.8 Å². The molecule has 1 aromatic carbocycles. The third-order valence-electron chi connectivity index (χ3n) is 4.26. The minimum atomic E-state index is -0.372. The highest BCUT2D eigenvalue weighted by molar-refractivity contribution is 7.99. The fraction of sp³-hybridized carbons (Fsp3) is 0.368. The number of benzene rings is 1. The Labute approximate surface area is 166 Å². The highest BCUT2D eigenvalue weighted by atomic mass is 35.5. The lowest BCUT2D eigenvalue weighted by molar-refractivity contribution is -0.113. The van der Waals surface area contributed by atoms with Crippen LogP contribution in [0.4, 0.5) is 5.00 Å². The second-order valence-corrected chi connectivity index (χ2v) is 8.54. The lowest BCUT2D eigenvalue weighted by Gasteiger charge is -2.11. The number of amides is 1. The summed E-state index contributed by atoms with van der Waals surface area (Å²) in [4.78, 5) is 25.7. The summed E-state index contributed by atoms with van der Waals surface area (Å²) in [5.74, 6) is 0.473. The van der Waals surface area contributed by atoms with Crippen LogP contribution in [0.5, 0.6) is 0 Å². The van der Waals surface area contributed by atoms with Gasteiger partial charge in [-0.2, -0.15) is 0 Å². The second-order valence-electron chi connectivity index (χ2n) is 6.04. The van der Waals surface area contributed by atoms with Crippen LogP contribution in [0.3, 0.4) is 0 Å². The molecule has 2 aromatic rings. The Kier molecular flexibility index (Phi) is 6.62. The number of hydrogen-bond donors (Lipinski definition) is 1. The van der Waals surface area contributed by atoms with Crippen LogP contribution in [0, 0.1) is 0 Å². The third-order valence-corrected chi connectivity index (χ3v) is 6.82. The van der Waals surface area contributed by atoms with Gasteiger partial charge < -0.3 is 10.1 Å². The highest BCUT2D eigenvalue weighted by Gasteiger charge is 2.26. The molecular weight excluding hydrogens is 390 g/mol. The van der Waals surface area contributed by atoms with E-state index in [9.17, 15) is 9.59 Å². The van der Waals surface area contributed by atoms with Crippen molar-refractivity contribution in [1.29, 1.82) is 0 Å². The highest BCUT2D eigenvalue weighted by Crippen LogP contribution is 2.38. The molecule has 0 unspecified atom stereocenters. The zero-order chi connectivity index (χ0) is 18.5. The second kappa shape index (κ2) is 8.93. The van der Waals surface area contributed by atoms with E-state index >= 15 is 0 Å². The number of thioether (sulfide) groups is 1. The fourth-order valence-corrected chi connectivity index (χ4v) is 5.41. The van der Waals surface area contributed by atoms with Crippen LogP contribution in [0.25, 0.3) is 0 Å². The number of carbonyl (C=O) groups excluding carboxylic acids is 2. The van der Waals surface area contributed by atoms with Gasteiger partial charge in [-0.25, -0.2) is 4.79 Å². The molecule has 1 aromatic heterocycles. The normalized spacial score (nSPS) is 13.2. The Balaban J connectivity index is 1.64. The molecular formula is C19H20ClNO3S2. The van der Waals surface area contributed by atoms with E-state index in [0.717, 1.165) is 36.8 Å². The maximum atomic E-state index is 12.4. The Bertz CT molecular complexity index is 819. The van der Waals surface area contributed by atoms with E-state index in [-0.39, 0.29) is 11.9 Å². The number of halogens is 1. The molecule has 7 heteroatoms. The molecule has 0 radical (unpaired) electrons. The summed E-state index contributed by atoms with van der Waals surface area (Å²) >= 11 is 9.13. The largest absolute Gasteiger partial charge is 0.465 e. The molecule has 1 amide bonds. The van der Waals surface area contributed by atoms with Crippen molar-refractivity contribution in [2.45, 2.75) is 31.4 Å². The van der Waals surface area contributed by atoms with Gasteiger partial charge >= 0.3 is 5.97 Å². The summed E-state index contributed by atoms with van der Waals surface area (Å²) in [6, 6.07) is 7.61. The number of thiophene rings is 1. The molecule has 138 valence electrons. The summed E-state index contributed by atoms with van der Waals surface area (Å²) in [6.45, 7) is 0. The van der Waals surface area contributed by atoms with Crippen LogP contribution in [-0.2, 0) is 28.1 Å². The predicted molar refractivity (Wildman–Crippen MR) is 109 cm³/mol. The molecule has 1 heterocycles. The van der Waals surface area contributed by atoms with E-state index in [2.05, 4.69) is 5.32 Å². The van der Waals surface area contributed by atoms with Crippen LogP contribution < -0.4 is 5.32 Å². The van der Waals surface area contributed by atoms with E-state index in [0.29, 0.717) is 27.1 Å². The standard InChI is InChI=1S/C19H20ClNO3S2/c1-24-19(23)17-13-7-3-5-9-15(13)26-18(17)21-16(22)11-25-10-12-6-2-4-8-14(12)20/h2,4,6,8H,3,5,7,9-11H2,1H3,(H,21,22). The van der Waals surface area contributed by atoms with Crippen LogP contribution in [0.1, 0.15) is 39.2 Å². The van der Waals surface area contributed by atoms with Crippen molar-refractivity contribution in [3.05, 3.63) is 50.9 Å². The number of esters is 1. The molecule has 0 atom stereocenters. The van der Waals surface area contributed by atoms with E-state index in [1.165, 1.54) is 35.1 Å². The van der Waals surface area contributed by atoms with Gasteiger partial charge in [0.1, 0.15) is 5.00 Å². The van der Waals surface area contributed by atoms with Crippen LogP contribution in [-0.4, -0.2) is 24.7 Å². The maximum Gasteiger partial charge on any atom is 0.341 e. The van der Waals surface area contributed by atoms with E-state index < -0.39 is 0 Å². The van der Waals surface area contributed by atoms with Crippen molar-refractivity contribution in [2.75, 3.05) is 18.2 Å². The van der Waals surface area contributed by atoms with Crippen molar-refractivity contribution < 1.29 is 14.3 Å². The molecule has 0 bridgehead atoms. The van der Waals surface area contributed by atoms with Gasteiger partial charge in [-0.3, -0.25) is 4.79 Å². The van der Waals surface area contributed by atoms with Crippen LogP contribution in [0.2, 0.25) is 5.02 Å². The van der Waals surface area contributed by atoms with E-state index in [4.69, 9.17) is 16.3 Å². The molecule has 0 spiro atoms. The molecule has 1 N–H and O–H groups in total. The first kappa shape index (κ1) is 19.3. The zero-order valence-corrected chi connectivity index (χ0v) is 16.9. The minimum Gasteiger partial charge on any atom is -0.465 e. The summed E-state index contributed by atoms with van der Waals surface area (Å²) in [6.07, 6.45) is 4.01. The summed E-state index contributed by atoms with van der Waals surface area (Å²) in [5.41, 5.74) is 2.59. The van der Waals surface area contributed by atoms with Gasteiger partial charge in [0.15, 0.2) is 0 Å². The minimum absolute atomic E-state index is 0.120. The summed E-state index contributed by atoms with van der Waals surface area (Å²) in [5, 5.41) is 4.23. The van der Waals surface area contributed by atoms with E-state index in [1.807, 2.05) is 24.3 Å². The van der Waals surface area contributed by atoms with Crippen molar-refractivity contribution in [2.24, 2.45) is 0 Å². The number of methoxy groups -OCH3 is 1. The number of rotatable bonds is 6. The number of aryl methyl sites for hydroxylation is 1. The SMILES string of the molecule is COC(=O)c1c(NC(=O)CSCc2ccccc2Cl)sc2c1CCCC2. The van der Waals surface area contributed by atoms with Crippen molar-refractivity contribution in [1.82, 2.24) is 0 Å². The van der Waals surface area contributed by atoms with Gasteiger partial charge in [0.05, 0.1) is 18.4 Å². The lowest BCUT2D eigenvalue weighted by atomic mass is 9.95. The zero-order valence-electron chi connectivity index (χ0n) is 14.5. The molecule has 1 aliphatic rings. The predicted octanol–water partition coefficient (Wildman–Crippen LogP) is 4.94. The number of carbonyl (C=O) groups is 2. The maximum absolute atomic E-state index is 12.4. The van der Waals surface area contributed by atoms with Gasteiger partial charge in [0, 0.05) is 15.7 Å². The quantitative estimate of drug-likeness (QED) is 0.686. The molecule has 4 nitrogen and oxygen atoms in total. The van der Waals surface area contributed by atoms with Crippen molar-refractivity contribution in [3.8, 4) is 0 Å². The first-order chi connectivity index (χ1) is 12.6. The number of anilines is 1. The van der Waals surface area contributed by atoms with Crippen molar-refractivity contribution in [3.63, 3.8) is 0 Å². The van der Waals surface area contributed by atoms with Crippen LogP contribution in [0.15, 0.2) is 24.3 Å². The fourth-order valence-electron chi connectivity index (χ4n) is 3.00. The molecule has 0 saturated heterocycles.